The maximum Gasteiger partial charge on any atom is 0.337 e. The molecule has 0 saturated carbocycles. The smallest absolute Gasteiger partial charge is 0.337 e. The monoisotopic (exact) mass is 672 g/mol. The SMILES string of the molecule is CC(=O)N(C)Cc1nc(C)c([C@H](OC(C)(C)C)C(=O)O)c(N2CCC(C)(C)CC2)c1-c1ccc2c(c1)CCN(Cc1ccc(F)cc1C)C2. The maximum atomic E-state index is 13.7. The number of anilines is 1. The van der Waals surface area contributed by atoms with E-state index in [-0.39, 0.29) is 23.7 Å². The number of pyridine rings is 1. The first-order valence-electron chi connectivity index (χ1n) is 17.4. The molecule has 3 aromatic rings. The van der Waals surface area contributed by atoms with Crippen LogP contribution in [-0.2, 0) is 40.4 Å². The van der Waals surface area contributed by atoms with Gasteiger partial charge in [0.1, 0.15) is 5.82 Å². The van der Waals surface area contributed by atoms with Crippen molar-refractivity contribution >= 4 is 17.6 Å². The van der Waals surface area contributed by atoms with Crippen LogP contribution in [0.2, 0.25) is 0 Å². The van der Waals surface area contributed by atoms with E-state index in [1.54, 1.807) is 24.9 Å². The molecule has 2 aliphatic rings. The van der Waals surface area contributed by atoms with Crippen LogP contribution in [0.4, 0.5) is 10.1 Å². The molecular formula is C40H53FN4O4. The molecule has 0 bridgehead atoms. The summed E-state index contributed by atoms with van der Waals surface area (Å²) in [5.74, 6) is -1.34. The Bertz CT molecular complexity index is 1720. The van der Waals surface area contributed by atoms with Crippen molar-refractivity contribution in [2.75, 3.05) is 31.6 Å². The topological polar surface area (TPSA) is 86.2 Å². The normalized spacial score (nSPS) is 17.1. The average molecular weight is 673 g/mol. The predicted octanol–water partition coefficient (Wildman–Crippen LogP) is 7.61. The Morgan fingerprint density at radius 1 is 1.06 bits per heavy atom. The minimum atomic E-state index is -1.23. The molecule has 1 saturated heterocycles. The molecule has 0 radical (unpaired) electrons. The van der Waals surface area contributed by atoms with Crippen LogP contribution in [0, 0.1) is 25.1 Å². The largest absolute Gasteiger partial charge is 0.479 e. The Balaban J connectivity index is 1.65. The van der Waals surface area contributed by atoms with Crippen LogP contribution in [0.1, 0.15) is 99.7 Å². The second kappa shape index (κ2) is 14.2. The summed E-state index contributed by atoms with van der Waals surface area (Å²) >= 11 is 0. The number of carboxylic acids is 1. The second-order valence-electron chi connectivity index (χ2n) is 15.8. The molecule has 49 heavy (non-hydrogen) atoms. The molecule has 1 amide bonds. The van der Waals surface area contributed by atoms with Crippen LogP contribution in [0.3, 0.4) is 0 Å². The number of carboxylic acid groups (broad SMARTS) is 1. The van der Waals surface area contributed by atoms with Gasteiger partial charge in [0.2, 0.25) is 5.91 Å². The molecule has 1 aromatic heterocycles. The van der Waals surface area contributed by atoms with Crippen LogP contribution in [0.25, 0.3) is 11.1 Å². The Hall–Kier alpha value is -3.82. The summed E-state index contributed by atoms with van der Waals surface area (Å²) in [6.07, 6.45) is 1.54. The van der Waals surface area contributed by atoms with Gasteiger partial charge in [-0.15, -0.1) is 0 Å². The molecule has 0 aliphatic carbocycles. The number of aryl methyl sites for hydroxylation is 2. The van der Waals surface area contributed by atoms with Crippen molar-refractivity contribution in [3.05, 3.63) is 81.4 Å². The number of aliphatic carboxylic acids is 1. The van der Waals surface area contributed by atoms with E-state index in [1.165, 1.54) is 17.2 Å². The van der Waals surface area contributed by atoms with E-state index in [2.05, 4.69) is 41.8 Å². The van der Waals surface area contributed by atoms with Gasteiger partial charge in [0.05, 0.1) is 23.5 Å². The fraction of sp³-hybridized carbons (Fsp3) is 0.525. The summed E-state index contributed by atoms with van der Waals surface area (Å²) in [6, 6.07) is 11.5. The van der Waals surface area contributed by atoms with Gasteiger partial charge in [-0.25, -0.2) is 9.18 Å². The van der Waals surface area contributed by atoms with E-state index >= 15 is 0 Å². The molecule has 2 aliphatic heterocycles. The summed E-state index contributed by atoms with van der Waals surface area (Å²) in [5.41, 5.74) is 8.59. The first-order chi connectivity index (χ1) is 22.9. The van der Waals surface area contributed by atoms with Gasteiger partial charge >= 0.3 is 5.97 Å². The third-order valence-corrected chi connectivity index (χ3v) is 10.1. The highest BCUT2D eigenvalue weighted by Gasteiger charge is 2.37. The number of carbonyl (C=O) groups excluding carboxylic acids is 1. The van der Waals surface area contributed by atoms with E-state index in [1.807, 2.05) is 40.7 Å². The zero-order valence-corrected chi connectivity index (χ0v) is 30.7. The average Bonchev–Trinajstić information content (AvgIpc) is 3.00. The first kappa shape index (κ1) is 36.5. The standard InChI is InChI=1S/C40H53FN4O4/c1-25-20-32(41)13-12-30(25)22-44-17-14-28-21-29(10-11-31(28)23-44)35-33(24-43(9)27(3)46)42-26(2)34(37(38(47)48)49-39(4,5)6)36(35)45-18-15-40(7,8)16-19-45/h10-13,20-21,37H,14-19,22-24H2,1-9H3,(H,47,48)/t37-/m0/s1. The van der Waals surface area contributed by atoms with Crippen molar-refractivity contribution in [1.29, 1.82) is 0 Å². The summed E-state index contributed by atoms with van der Waals surface area (Å²) in [6.45, 7) is 19.7. The molecule has 3 heterocycles. The van der Waals surface area contributed by atoms with Gasteiger partial charge < -0.3 is 19.6 Å². The third kappa shape index (κ3) is 8.50. The molecular weight excluding hydrogens is 619 g/mol. The Morgan fingerprint density at radius 3 is 2.37 bits per heavy atom. The number of halogens is 1. The minimum Gasteiger partial charge on any atom is -0.479 e. The van der Waals surface area contributed by atoms with Gasteiger partial charge in [-0.1, -0.05) is 38.1 Å². The number of aromatic nitrogens is 1. The van der Waals surface area contributed by atoms with E-state index in [4.69, 9.17) is 9.72 Å². The molecule has 1 N–H and O–H groups in total. The first-order valence-corrected chi connectivity index (χ1v) is 17.4. The number of hydrogen-bond donors (Lipinski definition) is 1. The van der Waals surface area contributed by atoms with Gasteiger partial charge in [-0.3, -0.25) is 14.7 Å². The van der Waals surface area contributed by atoms with Crippen molar-refractivity contribution in [3.63, 3.8) is 0 Å². The minimum absolute atomic E-state index is 0.0721. The molecule has 8 nitrogen and oxygen atoms in total. The quantitative estimate of drug-likeness (QED) is 0.251. The highest BCUT2D eigenvalue weighted by Crippen LogP contribution is 2.46. The molecule has 0 unspecified atom stereocenters. The van der Waals surface area contributed by atoms with Gasteiger partial charge in [-0.2, -0.15) is 0 Å². The Kier molecular flexibility index (Phi) is 10.6. The molecule has 1 atom stereocenters. The lowest BCUT2D eigenvalue weighted by Gasteiger charge is -2.41. The Morgan fingerprint density at radius 2 is 1.76 bits per heavy atom. The predicted molar refractivity (Wildman–Crippen MR) is 192 cm³/mol. The molecule has 264 valence electrons. The van der Waals surface area contributed by atoms with E-state index in [0.29, 0.717) is 11.3 Å². The number of benzene rings is 2. The van der Waals surface area contributed by atoms with Crippen LogP contribution in [-0.4, -0.2) is 64.0 Å². The zero-order valence-electron chi connectivity index (χ0n) is 30.7. The highest BCUT2D eigenvalue weighted by molar-refractivity contribution is 5.88. The lowest BCUT2D eigenvalue weighted by atomic mass is 9.81. The zero-order chi connectivity index (χ0) is 35.8. The molecule has 1 fully saturated rings. The van der Waals surface area contributed by atoms with Crippen LogP contribution in [0.5, 0.6) is 0 Å². The molecule has 2 aromatic carbocycles. The molecule has 9 heteroatoms. The van der Waals surface area contributed by atoms with Crippen molar-refractivity contribution in [2.45, 2.75) is 106 Å². The lowest BCUT2D eigenvalue weighted by molar-refractivity contribution is -0.160. The van der Waals surface area contributed by atoms with Crippen molar-refractivity contribution < 1.29 is 23.8 Å². The number of nitrogens with zero attached hydrogens (tertiary/aromatic N) is 4. The molecule has 5 rings (SSSR count). The summed E-state index contributed by atoms with van der Waals surface area (Å²) in [7, 11) is 1.77. The number of hydrogen-bond acceptors (Lipinski definition) is 6. The fourth-order valence-electron chi connectivity index (χ4n) is 7.06. The number of piperidine rings is 1. The van der Waals surface area contributed by atoms with E-state index < -0.39 is 17.7 Å². The van der Waals surface area contributed by atoms with Crippen LogP contribution in [0.15, 0.2) is 36.4 Å². The second-order valence-corrected chi connectivity index (χ2v) is 15.8. The highest BCUT2D eigenvalue weighted by atomic mass is 19.1. The summed E-state index contributed by atoms with van der Waals surface area (Å²) < 4.78 is 20.0. The molecule has 0 spiro atoms. The van der Waals surface area contributed by atoms with Gasteiger partial charge in [0.15, 0.2) is 6.10 Å². The van der Waals surface area contributed by atoms with Crippen LogP contribution >= 0.6 is 0 Å². The van der Waals surface area contributed by atoms with Crippen LogP contribution < -0.4 is 4.90 Å². The van der Waals surface area contributed by atoms with Crippen molar-refractivity contribution in [3.8, 4) is 11.1 Å². The third-order valence-electron chi connectivity index (χ3n) is 10.1. The fourth-order valence-corrected chi connectivity index (χ4v) is 7.06. The number of fused-ring (bicyclic) bond motifs is 1. The maximum absolute atomic E-state index is 13.7. The van der Waals surface area contributed by atoms with Gasteiger partial charge in [0, 0.05) is 63.5 Å². The number of carbonyl (C=O) groups is 2. The number of ether oxygens (including phenoxy) is 1. The summed E-state index contributed by atoms with van der Waals surface area (Å²) in [5, 5.41) is 10.6. The van der Waals surface area contributed by atoms with E-state index in [0.717, 1.165) is 85.6 Å². The van der Waals surface area contributed by atoms with Crippen molar-refractivity contribution in [1.82, 2.24) is 14.8 Å². The lowest BCUT2D eigenvalue weighted by Crippen LogP contribution is -2.39. The summed E-state index contributed by atoms with van der Waals surface area (Å²) in [4.78, 5) is 37.0. The Labute approximate surface area is 291 Å². The van der Waals surface area contributed by atoms with Gasteiger partial charge in [0.25, 0.3) is 0 Å². The number of amides is 1. The number of rotatable bonds is 9. The van der Waals surface area contributed by atoms with Crippen molar-refractivity contribution in [2.24, 2.45) is 5.41 Å². The van der Waals surface area contributed by atoms with E-state index in [9.17, 15) is 19.1 Å². The van der Waals surface area contributed by atoms with Gasteiger partial charge in [-0.05, 0) is 99.2 Å².